The van der Waals surface area contributed by atoms with E-state index >= 15 is 0 Å². The molecule has 0 saturated heterocycles. The maximum atomic E-state index is 12.4. The molecular weight excluding hydrogens is 416 g/mol. The van der Waals surface area contributed by atoms with Crippen molar-refractivity contribution in [2.75, 3.05) is 23.4 Å². The summed E-state index contributed by atoms with van der Waals surface area (Å²) in [6, 6.07) is 22.9. The fourth-order valence-corrected chi connectivity index (χ4v) is 3.52. The summed E-state index contributed by atoms with van der Waals surface area (Å²) >= 11 is 0. The molecule has 1 N–H and O–H groups in total. The molecule has 0 bridgehead atoms. The van der Waals surface area contributed by atoms with Crippen molar-refractivity contribution in [2.24, 2.45) is 0 Å². The Morgan fingerprint density at radius 2 is 1.88 bits per heavy atom. The maximum Gasteiger partial charge on any atom is 0.265 e. The molecule has 0 radical (unpaired) electrons. The number of nitrogens with zero attached hydrogens (tertiary/aromatic N) is 1. The Bertz CT molecular complexity index is 1140. The van der Waals surface area contributed by atoms with Crippen LogP contribution in [-0.2, 0) is 16.2 Å². The third-order valence-electron chi connectivity index (χ3n) is 5.17. The standard InChI is InChI=1S/C27H26N2O4/c1-2-16-29-24-14-11-22(17-25(24)33-19-27(29)31)28-26(30)15-10-20-8-12-23(13-9-20)32-18-21-6-4-3-5-7-21/h3-15,17H,2,16,18-19H2,1H3,(H,28,30)/b15-10+. The zero-order valence-corrected chi connectivity index (χ0v) is 18.5. The Kier molecular flexibility index (Phi) is 7.05. The molecule has 1 aliphatic heterocycles. The van der Waals surface area contributed by atoms with Gasteiger partial charge < -0.3 is 19.7 Å². The van der Waals surface area contributed by atoms with E-state index in [0.29, 0.717) is 24.6 Å². The highest BCUT2D eigenvalue weighted by Crippen LogP contribution is 2.34. The van der Waals surface area contributed by atoms with E-state index in [2.05, 4.69) is 5.32 Å². The lowest BCUT2D eigenvalue weighted by Crippen LogP contribution is -2.39. The predicted molar refractivity (Wildman–Crippen MR) is 129 cm³/mol. The molecule has 0 saturated carbocycles. The van der Waals surface area contributed by atoms with Gasteiger partial charge in [0.1, 0.15) is 18.1 Å². The molecule has 0 spiro atoms. The number of anilines is 2. The average Bonchev–Trinajstić information content (AvgIpc) is 2.84. The average molecular weight is 443 g/mol. The number of ether oxygens (including phenoxy) is 2. The molecule has 33 heavy (non-hydrogen) atoms. The van der Waals surface area contributed by atoms with Crippen molar-refractivity contribution >= 4 is 29.3 Å². The fraction of sp³-hybridized carbons (Fsp3) is 0.185. The number of rotatable bonds is 8. The molecule has 1 heterocycles. The summed E-state index contributed by atoms with van der Waals surface area (Å²) in [6.45, 7) is 3.18. The first-order valence-corrected chi connectivity index (χ1v) is 11.0. The van der Waals surface area contributed by atoms with Gasteiger partial charge in [0, 0.05) is 24.4 Å². The van der Waals surface area contributed by atoms with Gasteiger partial charge in [-0.15, -0.1) is 0 Å². The van der Waals surface area contributed by atoms with Gasteiger partial charge in [-0.25, -0.2) is 0 Å². The van der Waals surface area contributed by atoms with Gasteiger partial charge in [0.2, 0.25) is 5.91 Å². The maximum absolute atomic E-state index is 12.4. The van der Waals surface area contributed by atoms with Crippen LogP contribution in [0, 0.1) is 0 Å². The van der Waals surface area contributed by atoms with Gasteiger partial charge in [0.05, 0.1) is 5.69 Å². The van der Waals surface area contributed by atoms with Crippen molar-refractivity contribution in [3.05, 3.63) is 90.0 Å². The summed E-state index contributed by atoms with van der Waals surface area (Å²) in [4.78, 5) is 26.2. The SMILES string of the molecule is CCCN1C(=O)COc2cc(NC(=O)/C=C/c3ccc(OCc4ccccc4)cc3)ccc21. The van der Waals surface area contributed by atoms with Crippen molar-refractivity contribution in [1.82, 2.24) is 0 Å². The highest BCUT2D eigenvalue weighted by molar-refractivity contribution is 6.03. The summed E-state index contributed by atoms with van der Waals surface area (Å²) in [5.41, 5.74) is 3.34. The second-order valence-electron chi connectivity index (χ2n) is 7.68. The normalized spacial score (nSPS) is 12.9. The van der Waals surface area contributed by atoms with E-state index in [-0.39, 0.29) is 18.4 Å². The molecule has 0 fully saturated rings. The van der Waals surface area contributed by atoms with Crippen molar-refractivity contribution in [3.63, 3.8) is 0 Å². The monoisotopic (exact) mass is 442 g/mol. The van der Waals surface area contributed by atoms with E-state index in [9.17, 15) is 9.59 Å². The molecule has 3 aromatic rings. The Labute approximate surface area is 193 Å². The van der Waals surface area contributed by atoms with Gasteiger partial charge in [-0.3, -0.25) is 9.59 Å². The number of benzene rings is 3. The van der Waals surface area contributed by atoms with Gasteiger partial charge >= 0.3 is 0 Å². The van der Waals surface area contributed by atoms with E-state index in [1.165, 1.54) is 6.08 Å². The number of hydrogen-bond acceptors (Lipinski definition) is 4. The lowest BCUT2D eigenvalue weighted by Gasteiger charge is -2.29. The molecule has 4 rings (SSSR count). The van der Waals surface area contributed by atoms with E-state index in [1.807, 2.05) is 61.5 Å². The lowest BCUT2D eigenvalue weighted by atomic mass is 10.2. The third-order valence-corrected chi connectivity index (χ3v) is 5.17. The van der Waals surface area contributed by atoms with E-state index in [0.717, 1.165) is 29.0 Å². The Hall–Kier alpha value is -4.06. The Morgan fingerprint density at radius 1 is 1.09 bits per heavy atom. The first kappa shape index (κ1) is 22.1. The molecule has 168 valence electrons. The van der Waals surface area contributed by atoms with Crippen LogP contribution >= 0.6 is 0 Å². The van der Waals surface area contributed by atoms with Crippen molar-refractivity contribution in [2.45, 2.75) is 20.0 Å². The van der Waals surface area contributed by atoms with Crippen LogP contribution in [0.25, 0.3) is 6.08 Å². The molecular formula is C27H26N2O4. The van der Waals surface area contributed by atoms with E-state index in [4.69, 9.17) is 9.47 Å². The van der Waals surface area contributed by atoms with Crippen LogP contribution < -0.4 is 19.7 Å². The molecule has 2 amide bonds. The van der Waals surface area contributed by atoms with Crippen LogP contribution in [0.15, 0.2) is 78.9 Å². The van der Waals surface area contributed by atoms with Crippen LogP contribution in [0.1, 0.15) is 24.5 Å². The molecule has 1 aliphatic rings. The molecule has 3 aromatic carbocycles. The highest BCUT2D eigenvalue weighted by atomic mass is 16.5. The number of nitrogens with one attached hydrogen (secondary N) is 1. The van der Waals surface area contributed by atoms with Crippen LogP contribution in [0.4, 0.5) is 11.4 Å². The minimum absolute atomic E-state index is 0.00929. The zero-order valence-electron chi connectivity index (χ0n) is 18.5. The highest BCUT2D eigenvalue weighted by Gasteiger charge is 2.25. The largest absolute Gasteiger partial charge is 0.489 e. The van der Waals surface area contributed by atoms with Crippen LogP contribution in [0.5, 0.6) is 11.5 Å². The minimum atomic E-state index is -0.253. The lowest BCUT2D eigenvalue weighted by molar-refractivity contribution is -0.121. The van der Waals surface area contributed by atoms with Gasteiger partial charge in [-0.1, -0.05) is 49.4 Å². The quantitative estimate of drug-likeness (QED) is 0.496. The second kappa shape index (κ2) is 10.5. The van der Waals surface area contributed by atoms with Gasteiger partial charge in [-0.05, 0) is 47.9 Å². The number of fused-ring (bicyclic) bond motifs is 1. The predicted octanol–water partition coefficient (Wildman–Crippen LogP) is 5.05. The summed E-state index contributed by atoms with van der Waals surface area (Å²) in [7, 11) is 0. The van der Waals surface area contributed by atoms with Crippen molar-refractivity contribution in [1.29, 1.82) is 0 Å². The minimum Gasteiger partial charge on any atom is -0.489 e. The number of amides is 2. The summed E-state index contributed by atoms with van der Waals surface area (Å²) in [5, 5.41) is 2.84. The van der Waals surface area contributed by atoms with E-state index < -0.39 is 0 Å². The number of carbonyl (C=O) groups is 2. The first-order chi connectivity index (χ1) is 16.1. The third kappa shape index (κ3) is 5.80. The Morgan fingerprint density at radius 3 is 2.64 bits per heavy atom. The van der Waals surface area contributed by atoms with Gasteiger partial charge in [0.15, 0.2) is 6.61 Å². The summed E-state index contributed by atoms with van der Waals surface area (Å²) in [6.07, 6.45) is 4.08. The summed E-state index contributed by atoms with van der Waals surface area (Å²) < 4.78 is 11.3. The Balaban J connectivity index is 1.33. The molecule has 0 atom stereocenters. The molecule has 0 aromatic heterocycles. The first-order valence-electron chi connectivity index (χ1n) is 11.0. The topological polar surface area (TPSA) is 67.9 Å². The van der Waals surface area contributed by atoms with E-state index in [1.54, 1.807) is 29.2 Å². The second-order valence-corrected chi connectivity index (χ2v) is 7.68. The van der Waals surface area contributed by atoms with Crippen LogP contribution in [0.3, 0.4) is 0 Å². The summed E-state index contributed by atoms with van der Waals surface area (Å²) in [5.74, 6) is 1.05. The van der Waals surface area contributed by atoms with Gasteiger partial charge in [-0.2, -0.15) is 0 Å². The van der Waals surface area contributed by atoms with Gasteiger partial charge in [0.25, 0.3) is 5.91 Å². The van der Waals surface area contributed by atoms with Crippen LogP contribution in [0.2, 0.25) is 0 Å². The molecule has 0 unspecified atom stereocenters. The van der Waals surface area contributed by atoms with Crippen molar-refractivity contribution < 1.29 is 19.1 Å². The van der Waals surface area contributed by atoms with Crippen molar-refractivity contribution in [3.8, 4) is 11.5 Å². The molecule has 0 aliphatic carbocycles. The molecule has 6 heteroatoms. The van der Waals surface area contributed by atoms with Crippen LogP contribution in [-0.4, -0.2) is 25.0 Å². The fourth-order valence-electron chi connectivity index (χ4n) is 3.52. The zero-order chi connectivity index (χ0) is 23.0. The smallest absolute Gasteiger partial charge is 0.265 e. The molecule has 6 nitrogen and oxygen atoms in total. The number of hydrogen-bond donors (Lipinski definition) is 1. The number of carbonyl (C=O) groups excluding carboxylic acids is 2.